The van der Waals surface area contributed by atoms with Crippen molar-refractivity contribution in [2.75, 3.05) is 20.3 Å². The molecule has 0 amide bonds. The van der Waals surface area contributed by atoms with Gasteiger partial charge in [0, 0.05) is 6.07 Å². The molecule has 1 atom stereocenters. The quantitative estimate of drug-likeness (QED) is 0.558. The Bertz CT molecular complexity index is 441. The van der Waals surface area contributed by atoms with Crippen molar-refractivity contribution in [1.82, 2.24) is 0 Å². The molecule has 19 heavy (non-hydrogen) atoms. The monoisotopic (exact) mass is 266 g/mol. The predicted molar refractivity (Wildman–Crippen MR) is 69.7 cm³/mol. The fraction of sp³-hybridized carbons (Fsp3) is 0.429. The van der Waals surface area contributed by atoms with Gasteiger partial charge >= 0.3 is 5.97 Å². The molecule has 0 heterocycles. The summed E-state index contributed by atoms with van der Waals surface area (Å²) in [5.74, 6) is 0.338. The van der Waals surface area contributed by atoms with Gasteiger partial charge in [0.1, 0.15) is 18.1 Å². The molecule has 0 radical (unpaired) electrons. The van der Waals surface area contributed by atoms with Crippen molar-refractivity contribution in [3.63, 3.8) is 0 Å². The van der Waals surface area contributed by atoms with Crippen molar-refractivity contribution in [2.45, 2.75) is 13.8 Å². The SMILES string of the molecule is CCOC(=O)C(C)COc1ccc(C=O)c(OC)c1. The molecule has 0 saturated heterocycles. The van der Waals surface area contributed by atoms with Gasteiger partial charge in [-0.1, -0.05) is 0 Å². The first-order chi connectivity index (χ1) is 9.12. The van der Waals surface area contributed by atoms with Crippen LogP contribution in [0.2, 0.25) is 0 Å². The minimum absolute atomic E-state index is 0.211. The van der Waals surface area contributed by atoms with Crippen molar-refractivity contribution in [3.8, 4) is 11.5 Å². The molecule has 0 aliphatic rings. The molecule has 0 fully saturated rings. The van der Waals surface area contributed by atoms with Crippen LogP contribution in [0.3, 0.4) is 0 Å². The van der Waals surface area contributed by atoms with Crippen molar-refractivity contribution in [2.24, 2.45) is 5.92 Å². The molecule has 1 unspecified atom stereocenters. The van der Waals surface area contributed by atoms with Gasteiger partial charge in [0.25, 0.3) is 0 Å². The minimum Gasteiger partial charge on any atom is -0.496 e. The van der Waals surface area contributed by atoms with E-state index < -0.39 is 0 Å². The highest BCUT2D eigenvalue weighted by Crippen LogP contribution is 2.23. The van der Waals surface area contributed by atoms with E-state index in [0.29, 0.717) is 30.0 Å². The van der Waals surface area contributed by atoms with Gasteiger partial charge in [-0.15, -0.1) is 0 Å². The first-order valence-corrected chi connectivity index (χ1v) is 6.05. The lowest BCUT2D eigenvalue weighted by Gasteiger charge is -2.13. The number of hydrogen-bond acceptors (Lipinski definition) is 5. The molecule has 0 bridgehead atoms. The largest absolute Gasteiger partial charge is 0.496 e. The highest BCUT2D eigenvalue weighted by atomic mass is 16.5. The third-order valence-electron chi connectivity index (χ3n) is 2.52. The molecule has 0 N–H and O–H groups in total. The second-order valence-corrected chi connectivity index (χ2v) is 3.99. The van der Waals surface area contributed by atoms with E-state index in [1.807, 2.05) is 0 Å². The van der Waals surface area contributed by atoms with Crippen LogP contribution >= 0.6 is 0 Å². The number of ether oxygens (including phenoxy) is 3. The summed E-state index contributed by atoms with van der Waals surface area (Å²) >= 11 is 0. The normalized spacial score (nSPS) is 11.5. The van der Waals surface area contributed by atoms with Crippen LogP contribution in [0.1, 0.15) is 24.2 Å². The molecule has 0 spiro atoms. The van der Waals surface area contributed by atoms with Crippen LogP contribution in [0.5, 0.6) is 11.5 Å². The van der Waals surface area contributed by atoms with Crippen LogP contribution in [-0.4, -0.2) is 32.6 Å². The van der Waals surface area contributed by atoms with Crippen LogP contribution in [-0.2, 0) is 9.53 Å². The van der Waals surface area contributed by atoms with Crippen LogP contribution in [0, 0.1) is 5.92 Å². The lowest BCUT2D eigenvalue weighted by atomic mass is 10.2. The van der Waals surface area contributed by atoms with Gasteiger partial charge in [0.2, 0.25) is 0 Å². The second-order valence-electron chi connectivity index (χ2n) is 3.99. The maximum absolute atomic E-state index is 11.4. The Hall–Kier alpha value is -2.04. The topological polar surface area (TPSA) is 61.8 Å². The Morgan fingerprint density at radius 2 is 2.16 bits per heavy atom. The van der Waals surface area contributed by atoms with E-state index >= 15 is 0 Å². The Labute approximate surface area is 112 Å². The molecule has 1 aromatic rings. The number of esters is 1. The molecule has 0 aromatic heterocycles. The third kappa shape index (κ3) is 4.28. The second kappa shape index (κ2) is 7.41. The zero-order valence-electron chi connectivity index (χ0n) is 11.3. The highest BCUT2D eigenvalue weighted by Gasteiger charge is 2.15. The van der Waals surface area contributed by atoms with E-state index in [1.165, 1.54) is 7.11 Å². The van der Waals surface area contributed by atoms with Crippen molar-refractivity contribution in [3.05, 3.63) is 23.8 Å². The summed E-state index contributed by atoms with van der Waals surface area (Å²) in [6.45, 7) is 4.05. The van der Waals surface area contributed by atoms with Crippen LogP contribution < -0.4 is 9.47 Å². The van der Waals surface area contributed by atoms with Gasteiger partial charge in [-0.2, -0.15) is 0 Å². The molecule has 104 valence electrons. The van der Waals surface area contributed by atoms with Crippen LogP contribution in [0.25, 0.3) is 0 Å². The molecule has 5 nitrogen and oxygen atoms in total. The van der Waals surface area contributed by atoms with Crippen molar-refractivity contribution >= 4 is 12.3 Å². The van der Waals surface area contributed by atoms with Crippen LogP contribution in [0.15, 0.2) is 18.2 Å². The number of benzene rings is 1. The molecular formula is C14H18O5. The average Bonchev–Trinajstić information content (AvgIpc) is 2.44. The van der Waals surface area contributed by atoms with E-state index in [4.69, 9.17) is 14.2 Å². The highest BCUT2D eigenvalue weighted by molar-refractivity contribution is 5.79. The molecule has 1 aromatic carbocycles. The molecule has 5 heteroatoms. The van der Waals surface area contributed by atoms with Gasteiger partial charge in [-0.05, 0) is 26.0 Å². The van der Waals surface area contributed by atoms with E-state index in [-0.39, 0.29) is 18.5 Å². The van der Waals surface area contributed by atoms with Gasteiger partial charge in [-0.25, -0.2) is 0 Å². The summed E-state index contributed by atoms with van der Waals surface area (Å²) in [5.41, 5.74) is 0.452. The number of rotatable bonds is 7. The number of carbonyl (C=O) groups is 2. The van der Waals surface area contributed by atoms with Gasteiger partial charge < -0.3 is 14.2 Å². The lowest BCUT2D eigenvalue weighted by molar-refractivity contribution is -0.148. The molecule has 0 aliphatic heterocycles. The van der Waals surface area contributed by atoms with E-state index in [0.717, 1.165) is 0 Å². The van der Waals surface area contributed by atoms with E-state index in [9.17, 15) is 9.59 Å². The Kier molecular flexibility index (Phi) is 5.85. The first-order valence-electron chi connectivity index (χ1n) is 6.05. The predicted octanol–water partition coefficient (Wildman–Crippen LogP) is 2.09. The van der Waals surface area contributed by atoms with Gasteiger partial charge in [-0.3, -0.25) is 9.59 Å². The molecule has 0 aliphatic carbocycles. The van der Waals surface area contributed by atoms with Crippen molar-refractivity contribution in [1.29, 1.82) is 0 Å². The average molecular weight is 266 g/mol. The van der Waals surface area contributed by atoms with E-state index in [1.54, 1.807) is 32.0 Å². The Morgan fingerprint density at radius 1 is 1.42 bits per heavy atom. The zero-order valence-corrected chi connectivity index (χ0v) is 11.3. The molecular weight excluding hydrogens is 248 g/mol. The summed E-state index contributed by atoms with van der Waals surface area (Å²) < 4.78 is 15.4. The number of aldehydes is 1. The Morgan fingerprint density at radius 3 is 2.74 bits per heavy atom. The summed E-state index contributed by atoms with van der Waals surface area (Å²) in [4.78, 5) is 22.2. The summed E-state index contributed by atoms with van der Waals surface area (Å²) in [5, 5.41) is 0. The number of hydrogen-bond donors (Lipinski definition) is 0. The lowest BCUT2D eigenvalue weighted by Crippen LogP contribution is -2.21. The summed E-state index contributed by atoms with van der Waals surface area (Å²) in [6.07, 6.45) is 0.712. The number of methoxy groups -OCH3 is 1. The number of carbonyl (C=O) groups excluding carboxylic acids is 2. The maximum Gasteiger partial charge on any atom is 0.312 e. The van der Waals surface area contributed by atoms with Gasteiger partial charge in [0.05, 0.1) is 25.2 Å². The standard InChI is InChI=1S/C14H18O5/c1-4-18-14(16)10(2)9-19-12-6-5-11(8-15)13(7-12)17-3/h5-8,10H,4,9H2,1-3H3. The Balaban J connectivity index is 2.63. The minimum atomic E-state index is -0.350. The third-order valence-corrected chi connectivity index (χ3v) is 2.52. The summed E-state index contributed by atoms with van der Waals surface area (Å²) in [6, 6.07) is 4.88. The fourth-order valence-electron chi connectivity index (χ4n) is 1.45. The summed E-state index contributed by atoms with van der Waals surface area (Å²) in [7, 11) is 1.48. The van der Waals surface area contributed by atoms with Gasteiger partial charge in [0.15, 0.2) is 6.29 Å². The fourth-order valence-corrected chi connectivity index (χ4v) is 1.45. The first kappa shape index (κ1) is 15.0. The molecule has 0 saturated carbocycles. The van der Waals surface area contributed by atoms with Crippen LogP contribution in [0.4, 0.5) is 0 Å². The smallest absolute Gasteiger partial charge is 0.312 e. The van der Waals surface area contributed by atoms with E-state index in [2.05, 4.69) is 0 Å². The van der Waals surface area contributed by atoms with Crippen molar-refractivity contribution < 1.29 is 23.8 Å². The molecule has 1 rings (SSSR count). The zero-order chi connectivity index (χ0) is 14.3. The maximum atomic E-state index is 11.4.